The van der Waals surface area contributed by atoms with Crippen LogP contribution in [0.25, 0.3) is 0 Å². The highest BCUT2D eigenvalue weighted by Crippen LogP contribution is 2.20. The fraction of sp³-hybridized carbons (Fsp3) is 0.500. The number of hydrogen-bond donors (Lipinski definition) is 3. The Morgan fingerprint density at radius 3 is 2.09 bits per heavy atom. The predicted molar refractivity (Wildman–Crippen MR) is 170 cm³/mol. The molecular formula is C34H46N4O8. The molecule has 1 unspecified atom stereocenters. The molecule has 0 bridgehead atoms. The van der Waals surface area contributed by atoms with Gasteiger partial charge in [0.15, 0.2) is 0 Å². The Hall–Kier alpha value is -4.61. The molecule has 4 amide bonds. The van der Waals surface area contributed by atoms with Gasteiger partial charge in [-0.25, -0.2) is 14.4 Å². The number of carbonyl (C=O) groups excluding carboxylic acids is 5. The molecule has 4 N–H and O–H groups in total. The van der Waals surface area contributed by atoms with E-state index in [9.17, 15) is 24.0 Å². The Morgan fingerprint density at radius 2 is 1.52 bits per heavy atom. The summed E-state index contributed by atoms with van der Waals surface area (Å²) >= 11 is 0. The molecule has 1 fully saturated rings. The van der Waals surface area contributed by atoms with Gasteiger partial charge in [-0.15, -0.1) is 0 Å². The second kappa shape index (κ2) is 16.6. The lowest BCUT2D eigenvalue weighted by molar-refractivity contribution is -0.158. The molecule has 1 saturated heterocycles. The van der Waals surface area contributed by atoms with Crippen LogP contribution in [0.2, 0.25) is 0 Å². The zero-order valence-electron chi connectivity index (χ0n) is 27.2. The zero-order valence-corrected chi connectivity index (χ0v) is 27.2. The van der Waals surface area contributed by atoms with Gasteiger partial charge < -0.3 is 35.5 Å². The zero-order chi connectivity index (χ0) is 33.9. The van der Waals surface area contributed by atoms with Crippen LogP contribution in [-0.4, -0.2) is 65.6 Å². The lowest BCUT2D eigenvalue weighted by Crippen LogP contribution is -2.53. The molecule has 2 aromatic rings. The first kappa shape index (κ1) is 35.9. The van der Waals surface area contributed by atoms with E-state index in [1.807, 2.05) is 44.2 Å². The minimum Gasteiger partial charge on any atom is -0.458 e. The van der Waals surface area contributed by atoms with Crippen molar-refractivity contribution in [3.05, 3.63) is 65.7 Å². The number of ether oxygens (including phenoxy) is 3. The quantitative estimate of drug-likeness (QED) is 0.292. The first-order valence-electron chi connectivity index (χ1n) is 15.6. The van der Waals surface area contributed by atoms with Crippen LogP contribution in [-0.2, 0) is 36.9 Å². The highest BCUT2D eigenvalue weighted by Gasteiger charge is 2.31. The second-order valence-electron chi connectivity index (χ2n) is 12.9. The fourth-order valence-electron chi connectivity index (χ4n) is 4.89. The number of primary amides is 1. The van der Waals surface area contributed by atoms with Gasteiger partial charge >= 0.3 is 18.2 Å². The van der Waals surface area contributed by atoms with E-state index in [1.54, 1.807) is 45.0 Å². The fourth-order valence-corrected chi connectivity index (χ4v) is 4.89. The van der Waals surface area contributed by atoms with Crippen molar-refractivity contribution in [3.8, 4) is 5.75 Å². The van der Waals surface area contributed by atoms with E-state index < -0.39 is 41.7 Å². The number of hydrogen-bond acceptors (Lipinski definition) is 8. The summed E-state index contributed by atoms with van der Waals surface area (Å²) in [5, 5.41) is 5.40. The average Bonchev–Trinajstić information content (AvgIpc) is 2.99. The van der Waals surface area contributed by atoms with Gasteiger partial charge in [-0.3, -0.25) is 9.59 Å². The van der Waals surface area contributed by atoms with Crippen LogP contribution >= 0.6 is 0 Å². The summed E-state index contributed by atoms with van der Waals surface area (Å²) in [6, 6.07) is 13.7. The molecule has 1 aliphatic rings. The van der Waals surface area contributed by atoms with Crippen molar-refractivity contribution in [1.29, 1.82) is 0 Å². The van der Waals surface area contributed by atoms with Gasteiger partial charge in [-0.05, 0) is 69.2 Å². The van der Waals surface area contributed by atoms with Crippen molar-refractivity contribution in [3.63, 3.8) is 0 Å². The minimum absolute atomic E-state index is 0.0440. The second-order valence-corrected chi connectivity index (χ2v) is 12.9. The molecule has 2 atom stereocenters. The van der Waals surface area contributed by atoms with E-state index in [0.717, 1.165) is 5.56 Å². The Bertz CT molecular complexity index is 1330. The number of esters is 1. The highest BCUT2D eigenvalue weighted by atomic mass is 16.6. The summed E-state index contributed by atoms with van der Waals surface area (Å²) in [7, 11) is 0. The summed E-state index contributed by atoms with van der Waals surface area (Å²) in [5.41, 5.74) is 6.04. The van der Waals surface area contributed by atoms with Crippen molar-refractivity contribution >= 4 is 30.0 Å². The van der Waals surface area contributed by atoms with Crippen molar-refractivity contribution in [1.82, 2.24) is 15.5 Å². The molecule has 46 heavy (non-hydrogen) atoms. The maximum atomic E-state index is 13.5. The average molecular weight is 639 g/mol. The molecule has 0 radical (unpaired) electrons. The molecule has 1 heterocycles. The molecular weight excluding hydrogens is 592 g/mol. The van der Waals surface area contributed by atoms with Crippen LogP contribution in [0.5, 0.6) is 5.75 Å². The molecule has 1 aliphatic heterocycles. The minimum atomic E-state index is -1.07. The molecule has 12 heteroatoms. The molecule has 12 nitrogen and oxygen atoms in total. The summed E-state index contributed by atoms with van der Waals surface area (Å²) in [5.74, 6) is -1.43. The van der Waals surface area contributed by atoms with Crippen LogP contribution in [0.15, 0.2) is 54.6 Å². The highest BCUT2D eigenvalue weighted by molar-refractivity contribution is 5.90. The first-order valence-corrected chi connectivity index (χ1v) is 15.6. The first-order chi connectivity index (χ1) is 21.7. The molecule has 0 aromatic heterocycles. The van der Waals surface area contributed by atoms with Gasteiger partial charge in [0, 0.05) is 25.4 Å². The third-order valence-corrected chi connectivity index (χ3v) is 7.26. The monoisotopic (exact) mass is 638 g/mol. The van der Waals surface area contributed by atoms with E-state index >= 15 is 0 Å². The summed E-state index contributed by atoms with van der Waals surface area (Å²) < 4.78 is 16.4. The molecule has 250 valence electrons. The largest absolute Gasteiger partial charge is 0.458 e. The van der Waals surface area contributed by atoms with Gasteiger partial charge in [-0.2, -0.15) is 0 Å². The number of carbonyl (C=O) groups is 5. The number of likely N-dealkylation sites (tertiary alicyclic amines) is 1. The van der Waals surface area contributed by atoms with E-state index in [2.05, 4.69) is 10.6 Å². The SMILES string of the molecule is CC(C)C[C@H](NC(=O)OCc1ccccc1)C(=O)NC(Cc1ccc(OC(=O)N2CCC(C(N)=O)CC2)cc1)C(=O)OC(C)(C)C. The lowest BCUT2D eigenvalue weighted by Gasteiger charge is -2.29. The van der Waals surface area contributed by atoms with Crippen molar-refractivity contribution in [2.75, 3.05) is 13.1 Å². The number of rotatable bonds is 12. The summed E-state index contributed by atoms with van der Waals surface area (Å²) in [6.45, 7) is 9.82. The molecule has 0 spiro atoms. The number of nitrogens with two attached hydrogens (primary N) is 1. The summed E-state index contributed by atoms with van der Waals surface area (Å²) in [6.07, 6.45) is 0.102. The van der Waals surface area contributed by atoms with Gasteiger partial charge in [0.05, 0.1) is 0 Å². The summed E-state index contributed by atoms with van der Waals surface area (Å²) in [4.78, 5) is 64.8. The third kappa shape index (κ3) is 12.1. The van der Waals surface area contributed by atoms with Gasteiger partial charge in [0.25, 0.3) is 0 Å². The van der Waals surface area contributed by atoms with Crippen LogP contribution < -0.4 is 21.1 Å². The van der Waals surface area contributed by atoms with E-state index in [0.29, 0.717) is 43.7 Å². The van der Waals surface area contributed by atoms with Gasteiger partial charge in [-0.1, -0.05) is 56.3 Å². The van der Waals surface area contributed by atoms with E-state index in [-0.39, 0.29) is 30.8 Å². The van der Waals surface area contributed by atoms with Crippen molar-refractivity contribution < 1.29 is 38.2 Å². The topological polar surface area (TPSA) is 166 Å². The number of amides is 4. The van der Waals surface area contributed by atoms with E-state index in [4.69, 9.17) is 19.9 Å². The number of piperidine rings is 1. The Labute approximate surface area is 270 Å². The molecule has 0 aliphatic carbocycles. The maximum Gasteiger partial charge on any atom is 0.415 e. The maximum absolute atomic E-state index is 13.5. The molecule has 3 rings (SSSR count). The Balaban J connectivity index is 1.65. The van der Waals surface area contributed by atoms with Crippen LogP contribution in [0.1, 0.15) is 65.0 Å². The molecule has 0 saturated carbocycles. The Kier molecular flexibility index (Phi) is 13.0. The number of nitrogens with zero attached hydrogens (tertiary/aromatic N) is 1. The van der Waals surface area contributed by atoms with Gasteiger partial charge in [0.1, 0.15) is 30.0 Å². The standard InChI is InChI=1S/C34H46N4O8/c1-22(2)19-27(37-32(42)44-21-24-9-7-6-8-10-24)30(40)36-28(31(41)46-34(3,4)5)20-23-11-13-26(14-12-23)45-33(43)38-17-15-25(16-18-38)29(35)39/h6-14,22,25,27-28H,15-21H2,1-5H3,(H2,35,39)(H,36,40)(H,37,42)/t27-,28?/m0/s1. The van der Waals surface area contributed by atoms with Crippen LogP contribution in [0.3, 0.4) is 0 Å². The van der Waals surface area contributed by atoms with Crippen LogP contribution in [0, 0.1) is 11.8 Å². The lowest BCUT2D eigenvalue weighted by atomic mass is 9.97. The van der Waals surface area contributed by atoms with Crippen LogP contribution in [0.4, 0.5) is 9.59 Å². The van der Waals surface area contributed by atoms with Crippen molar-refractivity contribution in [2.45, 2.75) is 84.6 Å². The predicted octanol–water partition coefficient (Wildman–Crippen LogP) is 4.09. The normalized spacial score (nSPS) is 15.0. The number of nitrogens with one attached hydrogen (secondary N) is 2. The third-order valence-electron chi connectivity index (χ3n) is 7.26. The van der Waals surface area contributed by atoms with Gasteiger partial charge in [0.2, 0.25) is 11.8 Å². The van der Waals surface area contributed by atoms with Crippen molar-refractivity contribution in [2.24, 2.45) is 17.6 Å². The number of alkyl carbamates (subject to hydrolysis) is 1. The number of benzene rings is 2. The Morgan fingerprint density at radius 1 is 0.891 bits per heavy atom. The smallest absolute Gasteiger partial charge is 0.415 e. The molecule has 2 aromatic carbocycles. The van der Waals surface area contributed by atoms with E-state index in [1.165, 1.54) is 4.90 Å².